The standard InChI is InChI=1S/2C10H19NOS/c1-13(12)11-8-4-6-9-5-2-3-7-10(9)11;1-13(12)11-7-6-9-4-2-3-5-10(9)8-11/h2*9-10H,2-8H2,1H3. The second-order valence-corrected chi connectivity index (χ2v) is 11.4. The topological polar surface area (TPSA) is 40.6 Å². The number of piperidine rings is 2. The minimum absolute atomic E-state index is 0.647. The molecular formula is C20H38N2O2S2. The number of fused-ring (bicyclic) bond motifs is 2. The molecule has 26 heavy (non-hydrogen) atoms. The molecule has 2 saturated heterocycles. The van der Waals surface area contributed by atoms with Crippen LogP contribution in [-0.2, 0) is 22.0 Å². The van der Waals surface area contributed by atoms with Gasteiger partial charge in [-0.25, -0.2) is 17.0 Å². The first kappa shape index (κ1) is 20.9. The average molecular weight is 403 g/mol. The van der Waals surface area contributed by atoms with E-state index in [1.807, 2.05) is 12.5 Å². The van der Waals surface area contributed by atoms with Gasteiger partial charge in [0.05, 0.1) is 22.0 Å². The van der Waals surface area contributed by atoms with Gasteiger partial charge in [0.2, 0.25) is 0 Å². The molecule has 0 spiro atoms. The summed E-state index contributed by atoms with van der Waals surface area (Å²) in [5.41, 5.74) is 0. The number of rotatable bonds is 2. The Labute approximate surface area is 165 Å². The molecule has 4 nitrogen and oxygen atoms in total. The van der Waals surface area contributed by atoms with E-state index < -0.39 is 22.0 Å². The van der Waals surface area contributed by atoms with Gasteiger partial charge in [-0.1, -0.05) is 32.1 Å². The van der Waals surface area contributed by atoms with Gasteiger partial charge in [0.15, 0.2) is 0 Å². The summed E-state index contributed by atoms with van der Waals surface area (Å²) in [4.78, 5) is 0. The zero-order chi connectivity index (χ0) is 18.5. The Morgan fingerprint density at radius 1 is 0.654 bits per heavy atom. The fraction of sp³-hybridized carbons (Fsp3) is 1.00. The molecule has 4 rings (SSSR count). The molecule has 4 aliphatic rings. The van der Waals surface area contributed by atoms with Crippen LogP contribution in [-0.4, -0.2) is 55.2 Å². The van der Waals surface area contributed by atoms with E-state index >= 15 is 0 Å². The van der Waals surface area contributed by atoms with Crippen molar-refractivity contribution in [3.8, 4) is 0 Å². The quantitative estimate of drug-likeness (QED) is 0.706. The van der Waals surface area contributed by atoms with Crippen LogP contribution in [0.1, 0.15) is 70.6 Å². The highest BCUT2D eigenvalue weighted by Crippen LogP contribution is 2.36. The molecule has 6 atom stereocenters. The Balaban J connectivity index is 0.000000151. The third-order valence-electron chi connectivity index (χ3n) is 7.14. The first-order chi connectivity index (χ1) is 12.6. The highest BCUT2D eigenvalue weighted by molar-refractivity contribution is 7.82. The van der Waals surface area contributed by atoms with Gasteiger partial charge in [0.1, 0.15) is 0 Å². The third kappa shape index (κ3) is 5.39. The minimum atomic E-state index is -0.737. The third-order valence-corrected chi connectivity index (χ3v) is 9.31. The second-order valence-electron chi connectivity index (χ2n) is 8.72. The Morgan fingerprint density at radius 2 is 1.27 bits per heavy atom. The first-order valence-corrected chi connectivity index (χ1v) is 13.8. The molecule has 6 heteroatoms. The summed E-state index contributed by atoms with van der Waals surface area (Å²) < 4.78 is 27.2. The van der Waals surface area contributed by atoms with E-state index in [1.165, 1.54) is 70.6 Å². The summed E-state index contributed by atoms with van der Waals surface area (Å²) in [5.74, 6) is 2.66. The average Bonchev–Trinajstić information content (AvgIpc) is 2.67. The Hall–Kier alpha value is 0.220. The van der Waals surface area contributed by atoms with Gasteiger partial charge < -0.3 is 0 Å². The zero-order valence-corrected chi connectivity index (χ0v) is 18.4. The van der Waals surface area contributed by atoms with Crippen LogP contribution in [0.2, 0.25) is 0 Å². The van der Waals surface area contributed by atoms with Crippen molar-refractivity contribution in [3.05, 3.63) is 0 Å². The van der Waals surface area contributed by atoms with Crippen molar-refractivity contribution in [2.24, 2.45) is 17.8 Å². The van der Waals surface area contributed by atoms with Crippen LogP contribution in [0.15, 0.2) is 0 Å². The normalized spacial score (nSPS) is 38.2. The second kappa shape index (κ2) is 10.1. The maximum Gasteiger partial charge on any atom is 0.0913 e. The van der Waals surface area contributed by atoms with Crippen LogP contribution in [0.3, 0.4) is 0 Å². The Kier molecular flexibility index (Phi) is 8.16. The fourth-order valence-electron chi connectivity index (χ4n) is 5.70. The molecular weight excluding hydrogens is 364 g/mol. The molecule has 0 amide bonds. The molecule has 0 aromatic heterocycles. The van der Waals surface area contributed by atoms with E-state index in [0.717, 1.165) is 37.4 Å². The fourth-order valence-corrected chi connectivity index (χ4v) is 7.51. The molecule has 0 aromatic carbocycles. The number of hydrogen-bond donors (Lipinski definition) is 0. The largest absolute Gasteiger partial charge is 0.243 e. The van der Waals surface area contributed by atoms with Crippen molar-refractivity contribution in [2.45, 2.75) is 76.7 Å². The van der Waals surface area contributed by atoms with Crippen LogP contribution in [0.25, 0.3) is 0 Å². The minimum Gasteiger partial charge on any atom is -0.243 e. The van der Waals surface area contributed by atoms with E-state index in [2.05, 4.69) is 8.61 Å². The summed E-state index contributed by atoms with van der Waals surface area (Å²) in [6.07, 6.45) is 18.6. The van der Waals surface area contributed by atoms with Crippen molar-refractivity contribution in [2.75, 3.05) is 32.1 Å². The SMILES string of the molecule is CS(=O)N1CCC2CCCCC2C1.CS(=O)N1CCCC2CCCCC21. The molecule has 0 N–H and O–H groups in total. The summed E-state index contributed by atoms with van der Waals surface area (Å²) in [7, 11) is -1.47. The molecule has 2 saturated carbocycles. The van der Waals surface area contributed by atoms with Gasteiger partial charge in [0, 0.05) is 38.2 Å². The molecule has 0 radical (unpaired) electrons. The molecule has 2 aliphatic heterocycles. The Bertz CT molecular complexity index is 498. The van der Waals surface area contributed by atoms with Gasteiger partial charge in [-0.2, -0.15) is 0 Å². The molecule has 0 aromatic rings. The number of hydrogen-bond acceptors (Lipinski definition) is 2. The van der Waals surface area contributed by atoms with Crippen molar-refractivity contribution in [3.63, 3.8) is 0 Å². The highest BCUT2D eigenvalue weighted by atomic mass is 32.2. The van der Waals surface area contributed by atoms with Crippen molar-refractivity contribution < 1.29 is 8.42 Å². The van der Waals surface area contributed by atoms with Crippen molar-refractivity contribution in [1.82, 2.24) is 8.61 Å². The van der Waals surface area contributed by atoms with Gasteiger partial charge in [0.25, 0.3) is 0 Å². The smallest absolute Gasteiger partial charge is 0.0913 e. The molecule has 0 bridgehead atoms. The molecule has 2 aliphatic carbocycles. The predicted molar refractivity (Wildman–Crippen MR) is 111 cm³/mol. The lowest BCUT2D eigenvalue weighted by Gasteiger charge is -2.42. The van der Waals surface area contributed by atoms with Crippen LogP contribution in [0.5, 0.6) is 0 Å². The Morgan fingerprint density at radius 3 is 1.96 bits per heavy atom. The number of nitrogens with zero attached hydrogens (tertiary/aromatic N) is 2. The van der Waals surface area contributed by atoms with Crippen molar-refractivity contribution >= 4 is 22.0 Å². The van der Waals surface area contributed by atoms with Gasteiger partial charge in [-0.15, -0.1) is 0 Å². The predicted octanol–water partition coefficient (Wildman–Crippen LogP) is 3.73. The van der Waals surface area contributed by atoms with Crippen LogP contribution < -0.4 is 0 Å². The van der Waals surface area contributed by atoms with E-state index in [9.17, 15) is 8.42 Å². The highest BCUT2D eigenvalue weighted by Gasteiger charge is 2.34. The van der Waals surface area contributed by atoms with Gasteiger partial charge in [-0.05, 0) is 56.3 Å². The van der Waals surface area contributed by atoms with E-state index in [1.54, 1.807) is 0 Å². The monoisotopic (exact) mass is 402 g/mol. The lowest BCUT2D eigenvalue weighted by Crippen LogP contribution is -2.47. The van der Waals surface area contributed by atoms with E-state index in [0.29, 0.717) is 6.04 Å². The summed E-state index contributed by atoms with van der Waals surface area (Å²) >= 11 is 0. The summed E-state index contributed by atoms with van der Waals surface area (Å²) in [6, 6.07) is 0.647. The van der Waals surface area contributed by atoms with Gasteiger partial charge in [-0.3, -0.25) is 0 Å². The summed E-state index contributed by atoms with van der Waals surface area (Å²) in [5, 5.41) is 0. The molecule has 4 fully saturated rings. The molecule has 152 valence electrons. The van der Waals surface area contributed by atoms with Crippen LogP contribution >= 0.6 is 0 Å². The van der Waals surface area contributed by atoms with Crippen LogP contribution in [0.4, 0.5) is 0 Å². The maximum absolute atomic E-state index is 11.5. The molecule has 2 heterocycles. The lowest BCUT2D eigenvalue weighted by molar-refractivity contribution is 0.134. The maximum atomic E-state index is 11.5. The molecule has 6 unspecified atom stereocenters. The first-order valence-electron chi connectivity index (χ1n) is 10.7. The van der Waals surface area contributed by atoms with Gasteiger partial charge >= 0.3 is 0 Å². The van der Waals surface area contributed by atoms with E-state index in [4.69, 9.17) is 0 Å². The van der Waals surface area contributed by atoms with Crippen LogP contribution in [0, 0.1) is 17.8 Å². The lowest BCUT2D eigenvalue weighted by atomic mass is 9.76. The van der Waals surface area contributed by atoms with Crippen molar-refractivity contribution in [1.29, 1.82) is 0 Å². The summed E-state index contributed by atoms with van der Waals surface area (Å²) in [6.45, 7) is 3.21. The zero-order valence-electron chi connectivity index (χ0n) is 16.7. The van der Waals surface area contributed by atoms with E-state index in [-0.39, 0.29) is 0 Å².